The number of pyridine rings is 1. The first-order chi connectivity index (χ1) is 10.2. The van der Waals surface area contributed by atoms with Crippen LogP contribution in [0.1, 0.15) is 38.1 Å². The Bertz CT molecular complexity index is 722. The number of rotatable bonds is 2. The lowest BCUT2D eigenvalue weighted by molar-refractivity contribution is 0.00578. The van der Waals surface area contributed by atoms with Crippen molar-refractivity contribution in [3.63, 3.8) is 0 Å². The Morgan fingerprint density at radius 1 is 1.23 bits per heavy atom. The lowest BCUT2D eigenvalue weighted by Gasteiger charge is -2.32. The van der Waals surface area contributed by atoms with Crippen LogP contribution in [0.5, 0.6) is 0 Å². The van der Waals surface area contributed by atoms with Gasteiger partial charge in [-0.2, -0.15) is 0 Å². The van der Waals surface area contributed by atoms with Crippen molar-refractivity contribution in [2.75, 3.05) is 7.11 Å². The van der Waals surface area contributed by atoms with Crippen molar-refractivity contribution in [2.45, 2.75) is 38.9 Å². The van der Waals surface area contributed by atoms with E-state index in [0.717, 1.165) is 11.2 Å². The number of ether oxygens (including phenoxy) is 1. The maximum absolute atomic E-state index is 11.7. The Balaban J connectivity index is 2.03. The normalized spacial score (nSPS) is 19.6. The van der Waals surface area contributed by atoms with Crippen LogP contribution in [0.2, 0.25) is 0 Å². The van der Waals surface area contributed by atoms with Gasteiger partial charge in [0.05, 0.1) is 29.5 Å². The highest BCUT2D eigenvalue weighted by Gasteiger charge is 2.52. The molecule has 22 heavy (non-hydrogen) atoms. The largest absolute Gasteiger partial charge is 0.514 e. The van der Waals surface area contributed by atoms with E-state index in [2.05, 4.69) is 4.98 Å². The molecule has 0 radical (unpaired) electrons. The van der Waals surface area contributed by atoms with Crippen molar-refractivity contribution < 1.29 is 18.8 Å². The standard InChI is InChI=1S/C15H19BN2O4/c1-14(2)15(3,4)22-16(21-14)11-8-17-12-7-6-10(9-18(11)12)13(19)20-5/h6-9H,1-5H3. The summed E-state index contributed by atoms with van der Waals surface area (Å²) in [6.07, 6.45) is 3.40. The van der Waals surface area contributed by atoms with Gasteiger partial charge in [0, 0.05) is 12.4 Å². The molecule has 1 saturated heterocycles. The van der Waals surface area contributed by atoms with E-state index in [9.17, 15) is 4.79 Å². The number of carbonyl (C=O) groups is 1. The van der Waals surface area contributed by atoms with Crippen molar-refractivity contribution >= 4 is 24.3 Å². The average molecular weight is 302 g/mol. The quantitative estimate of drug-likeness (QED) is 0.620. The molecule has 2 aromatic heterocycles. The van der Waals surface area contributed by atoms with Gasteiger partial charge in [-0.15, -0.1) is 0 Å². The van der Waals surface area contributed by atoms with E-state index in [-0.39, 0.29) is 0 Å². The molecular formula is C15H19BN2O4. The first kappa shape index (κ1) is 15.1. The summed E-state index contributed by atoms with van der Waals surface area (Å²) in [4.78, 5) is 16.0. The van der Waals surface area contributed by atoms with Crippen LogP contribution in [-0.4, -0.2) is 40.8 Å². The molecule has 0 atom stereocenters. The Labute approximate surface area is 129 Å². The van der Waals surface area contributed by atoms with Crippen molar-refractivity contribution in [1.29, 1.82) is 0 Å². The smallest absolute Gasteiger partial charge is 0.465 e. The second-order valence-corrected chi connectivity index (χ2v) is 6.41. The first-order valence-corrected chi connectivity index (χ1v) is 7.16. The molecule has 1 aliphatic heterocycles. The molecule has 0 bridgehead atoms. The molecule has 0 saturated carbocycles. The van der Waals surface area contributed by atoms with E-state index in [1.165, 1.54) is 7.11 Å². The molecule has 6 nitrogen and oxygen atoms in total. The number of nitrogens with zero attached hydrogens (tertiary/aromatic N) is 2. The Morgan fingerprint density at radius 2 is 1.86 bits per heavy atom. The first-order valence-electron chi connectivity index (χ1n) is 7.16. The molecule has 0 aliphatic carbocycles. The third kappa shape index (κ3) is 2.21. The summed E-state index contributed by atoms with van der Waals surface area (Å²) in [6, 6.07) is 3.45. The molecule has 0 unspecified atom stereocenters. The zero-order valence-electron chi connectivity index (χ0n) is 13.4. The minimum atomic E-state index is -0.534. The minimum Gasteiger partial charge on any atom is -0.465 e. The number of hydrogen-bond acceptors (Lipinski definition) is 5. The van der Waals surface area contributed by atoms with E-state index >= 15 is 0 Å². The molecule has 0 spiro atoms. The van der Waals surface area contributed by atoms with E-state index in [1.807, 2.05) is 27.7 Å². The summed E-state index contributed by atoms with van der Waals surface area (Å²) in [6.45, 7) is 7.98. The molecule has 1 fully saturated rings. The van der Waals surface area contributed by atoms with Gasteiger partial charge in [-0.25, -0.2) is 9.78 Å². The number of fused-ring (bicyclic) bond motifs is 1. The monoisotopic (exact) mass is 302 g/mol. The third-order valence-electron chi connectivity index (χ3n) is 4.45. The van der Waals surface area contributed by atoms with E-state index in [1.54, 1.807) is 28.9 Å². The van der Waals surface area contributed by atoms with Crippen molar-refractivity contribution in [3.05, 3.63) is 30.1 Å². The molecule has 1 aliphatic rings. The van der Waals surface area contributed by atoms with Crippen LogP contribution in [0.25, 0.3) is 5.65 Å². The molecule has 116 valence electrons. The SMILES string of the molecule is COC(=O)c1ccc2ncc(B3OC(C)(C)C(C)(C)O3)n2c1. The predicted octanol–water partition coefficient (Wildman–Crippen LogP) is 1.42. The molecular weight excluding hydrogens is 283 g/mol. The van der Waals surface area contributed by atoms with Crippen LogP contribution in [0.15, 0.2) is 24.5 Å². The van der Waals surface area contributed by atoms with E-state index in [4.69, 9.17) is 14.0 Å². The second kappa shape index (κ2) is 4.82. The van der Waals surface area contributed by atoms with Crippen molar-refractivity contribution in [2.24, 2.45) is 0 Å². The summed E-state index contributed by atoms with van der Waals surface area (Å²) >= 11 is 0. The zero-order valence-corrected chi connectivity index (χ0v) is 13.4. The van der Waals surface area contributed by atoms with Gasteiger partial charge < -0.3 is 18.4 Å². The number of aromatic nitrogens is 2. The average Bonchev–Trinajstić information content (AvgIpc) is 2.96. The summed E-state index contributed by atoms with van der Waals surface area (Å²) in [7, 11) is 0.822. The number of hydrogen-bond donors (Lipinski definition) is 0. The van der Waals surface area contributed by atoms with Gasteiger partial charge in [-0.05, 0) is 39.8 Å². The van der Waals surface area contributed by atoms with Crippen molar-refractivity contribution in [1.82, 2.24) is 9.38 Å². The maximum Gasteiger partial charge on any atom is 0.514 e. The molecule has 3 heterocycles. The molecule has 7 heteroatoms. The van der Waals surface area contributed by atoms with Gasteiger partial charge in [0.2, 0.25) is 0 Å². The fraction of sp³-hybridized carbons (Fsp3) is 0.467. The lowest BCUT2D eigenvalue weighted by Crippen LogP contribution is -2.41. The van der Waals surface area contributed by atoms with Gasteiger partial charge >= 0.3 is 13.1 Å². The number of methoxy groups -OCH3 is 1. The number of imidazole rings is 1. The molecule has 3 rings (SSSR count). The molecule has 2 aromatic rings. The summed E-state index contributed by atoms with van der Waals surface area (Å²) < 4.78 is 18.6. The fourth-order valence-electron chi connectivity index (χ4n) is 2.38. The molecule has 0 N–H and O–H groups in total. The molecule has 0 aromatic carbocycles. The van der Waals surface area contributed by atoms with Crippen molar-refractivity contribution in [3.8, 4) is 0 Å². The Kier molecular flexibility index (Phi) is 3.30. The Morgan fingerprint density at radius 3 is 2.45 bits per heavy atom. The minimum absolute atomic E-state index is 0.393. The fourth-order valence-corrected chi connectivity index (χ4v) is 2.38. The zero-order chi connectivity index (χ0) is 16.1. The van der Waals surface area contributed by atoms with Crippen LogP contribution < -0.4 is 5.59 Å². The Hall–Kier alpha value is -1.86. The summed E-state index contributed by atoms with van der Waals surface area (Å²) in [5.74, 6) is -0.393. The topological polar surface area (TPSA) is 62.1 Å². The highest BCUT2D eigenvalue weighted by molar-refractivity contribution is 6.61. The third-order valence-corrected chi connectivity index (χ3v) is 4.45. The maximum atomic E-state index is 11.7. The van der Waals surface area contributed by atoms with Crippen LogP contribution in [0, 0.1) is 0 Å². The van der Waals surface area contributed by atoms with Gasteiger partial charge in [0.15, 0.2) is 0 Å². The van der Waals surface area contributed by atoms with Crippen LogP contribution >= 0.6 is 0 Å². The van der Waals surface area contributed by atoms with Gasteiger partial charge in [0.1, 0.15) is 5.65 Å². The summed E-state index contributed by atoms with van der Waals surface area (Å²) in [5, 5.41) is 0. The summed E-state index contributed by atoms with van der Waals surface area (Å²) in [5.41, 5.74) is 1.06. The van der Waals surface area contributed by atoms with Crippen LogP contribution in [0.3, 0.4) is 0 Å². The second-order valence-electron chi connectivity index (χ2n) is 6.41. The predicted molar refractivity (Wildman–Crippen MR) is 82.2 cm³/mol. The number of carbonyl (C=O) groups excluding carboxylic acids is 1. The highest BCUT2D eigenvalue weighted by atomic mass is 16.7. The van der Waals surface area contributed by atoms with E-state index < -0.39 is 24.3 Å². The van der Waals surface area contributed by atoms with Gasteiger partial charge in [0.25, 0.3) is 0 Å². The number of esters is 1. The molecule has 0 amide bonds. The van der Waals surface area contributed by atoms with Crippen LogP contribution in [0.4, 0.5) is 0 Å². The van der Waals surface area contributed by atoms with Gasteiger partial charge in [-0.3, -0.25) is 0 Å². The lowest BCUT2D eigenvalue weighted by atomic mass is 9.85. The highest BCUT2D eigenvalue weighted by Crippen LogP contribution is 2.36. The van der Waals surface area contributed by atoms with E-state index in [0.29, 0.717) is 5.56 Å². The van der Waals surface area contributed by atoms with Gasteiger partial charge in [-0.1, -0.05) is 0 Å². The van der Waals surface area contributed by atoms with Crippen LogP contribution in [-0.2, 0) is 14.0 Å².